The van der Waals surface area contributed by atoms with Gasteiger partial charge in [-0.3, -0.25) is 13.8 Å². The molecule has 1 aromatic carbocycles. The molecule has 0 radical (unpaired) electrons. The molecule has 10 nitrogen and oxygen atoms in total. The zero-order valence-corrected chi connectivity index (χ0v) is 22.9. The van der Waals surface area contributed by atoms with Crippen LogP contribution in [0.4, 0.5) is 9.18 Å². The molecule has 1 amide bonds. The van der Waals surface area contributed by atoms with E-state index in [9.17, 15) is 19.1 Å². The Morgan fingerprint density at radius 1 is 1.31 bits per heavy atom. The molecule has 4 heterocycles. The molecule has 1 atom stereocenters. The number of aromatic nitrogens is 3. The van der Waals surface area contributed by atoms with Crippen molar-refractivity contribution in [1.82, 2.24) is 19.6 Å². The maximum Gasteiger partial charge on any atom is 0.413 e. The lowest BCUT2D eigenvalue weighted by molar-refractivity contribution is -0.948. The van der Waals surface area contributed by atoms with E-state index in [0.29, 0.717) is 59.6 Å². The molecule has 1 unspecified atom stereocenters. The number of rotatable bonds is 7. The number of likely N-dealkylation sites (tertiary alicyclic amines) is 1. The summed E-state index contributed by atoms with van der Waals surface area (Å²) in [5.74, 6) is 0.227. The van der Waals surface area contributed by atoms with Gasteiger partial charge >= 0.3 is 6.09 Å². The Hall–Kier alpha value is -3.31. The topological polar surface area (TPSA) is 111 Å². The van der Waals surface area contributed by atoms with Gasteiger partial charge in [0, 0.05) is 68.0 Å². The molecule has 39 heavy (non-hydrogen) atoms. The third-order valence-electron chi connectivity index (χ3n) is 8.49. The van der Waals surface area contributed by atoms with E-state index in [0.717, 1.165) is 43.4 Å². The smallest absolute Gasteiger partial charge is 0.399 e. The van der Waals surface area contributed by atoms with Gasteiger partial charge in [-0.05, 0) is 38.8 Å². The number of benzene rings is 1. The van der Waals surface area contributed by atoms with Crippen LogP contribution in [0.2, 0.25) is 0 Å². The third kappa shape index (κ3) is 5.42. The maximum atomic E-state index is 13.6. The van der Waals surface area contributed by atoms with Crippen LogP contribution < -0.4 is 5.56 Å². The number of hydrogen-bond acceptors (Lipinski definition) is 7. The van der Waals surface area contributed by atoms with Crippen LogP contribution in [0.3, 0.4) is 0 Å². The standard InChI is InChI=1S/C28H37FN5O5/c1-4-32(3)28(37)38-17-34(15-11-21-18(2)30-26-23(35)6-5-12-33(26)27(21)36)13-9-19(10-14-34)25-22-8-7-20(29)16-24(22)39-31-25/h7-8,16,19,23,35H,4-6,9-15,17H2,1-3H3/q+1. The number of carbonyl (C=O) groups excluding carboxylic acids is 1. The van der Waals surface area contributed by atoms with Crippen molar-refractivity contribution in [2.24, 2.45) is 0 Å². The SMILES string of the molecule is CCN(C)C(=O)OC[N+]1(CCc2c(C)nc3n(c2=O)CCCC3O)CCC(c2noc3cc(F)ccc23)CC1. The van der Waals surface area contributed by atoms with E-state index in [1.807, 2.05) is 13.8 Å². The lowest BCUT2D eigenvalue weighted by Crippen LogP contribution is -2.56. The number of hydrogen-bond donors (Lipinski definition) is 1. The van der Waals surface area contributed by atoms with Gasteiger partial charge in [-0.25, -0.2) is 14.2 Å². The number of aryl methyl sites for hydroxylation is 1. The Bertz CT molecular complexity index is 1410. The van der Waals surface area contributed by atoms with Crippen LogP contribution in [0.15, 0.2) is 27.5 Å². The Balaban J connectivity index is 1.36. The fraction of sp³-hybridized carbons (Fsp3) is 0.571. The van der Waals surface area contributed by atoms with Gasteiger partial charge in [-0.2, -0.15) is 0 Å². The predicted molar refractivity (Wildman–Crippen MR) is 142 cm³/mol. The van der Waals surface area contributed by atoms with Crippen molar-refractivity contribution in [2.75, 3.05) is 40.0 Å². The van der Waals surface area contributed by atoms with Crippen LogP contribution in [-0.4, -0.2) is 75.2 Å². The highest BCUT2D eigenvalue weighted by atomic mass is 19.1. The van der Waals surface area contributed by atoms with Crippen molar-refractivity contribution < 1.29 is 28.0 Å². The molecule has 210 valence electrons. The number of aliphatic hydroxyl groups is 1. The molecule has 3 aromatic rings. The largest absolute Gasteiger partial charge is 0.413 e. The minimum Gasteiger partial charge on any atom is -0.399 e. The second kappa shape index (κ2) is 11.1. The monoisotopic (exact) mass is 542 g/mol. The first-order chi connectivity index (χ1) is 18.7. The zero-order chi connectivity index (χ0) is 27.7. The number of piperidine rings is 1. The van der Waals surface area contributed by atoms with Gasteiger partial charge in [0.15, 0.2) is 5.58 Å². The zero-order valence-electron chi connectivity index (χ0n) is 22.9. The lowest BCUT2D eigenvalue weighted by Gasteiger charge is -2.42. The average Bonchev–Trinajstić information content (AvgIpc) is 3.35. The highest BCUT2D eigenvalue weighted by Gasteiger charge is 2.38. The van der Waals surface area contributed by atoms with E-state index < -0.39 is 6.10 Å². The summed E-state index contributed by atoms with van der Waals surface area (Å²) in [5.41, 5.74) is 2.47. The summed E-state index contributed by atoms with van der Waals surface area (Å²) in [5, 5.41) is 15.4. The number of fused-ring (bicyclic) bond motifs is 2. The van der Waals surface area contributed by atoms with Gasteiger partial charge in [0.1, 0.15) is 17.7 Å². The van der Waals surface area contributed by atoms with E-state index >= 15 is 0 Å². The minimum atomic E-state index is -0.712. The summed E-state index contributed by atoms with van der Waals surface area (Å²) in [4.78, 5) is 32.0. The summed E-state index contributed by atoms with van der Waals surface area (Å²) in [6.45, 7) is 7.08. The van der Waals surface area contributed by atoms with Gasteiger partial charge in [-0.1, -0.05) is 5.16 Å². The number of carbonyl (C=O) groups is 1. The molecule has 0 saturated carbocycles. The van der Waals surface area contributed by atoms with Gasteiger partial charge in [0.2, 0.25) is 6.73 Å². The summed E-state index contributed by atoms with van der Waals surface area (Å²) in [6.07, 6.45) is 2.33. The highest BCUT2D eigenvalue weighted by Crippen LogP contribution is 2.35. The molecule has 0 aliphatic carbocycles. The number of amides is 1. The Morgan fingerprint density at radius 3 is 2.82 bits per heavy atom. The second-order valence-electron chi connectivity index (χ2n) is 10.9. The fourth-order valence-corrected chi connectivity index (χ4v) is 5.86. The second-order valence-corrected chi connectivity index (χ2v) is 10.9. The molecule has 1 N–H and O–H groups in total. The van der Waals surface area contributed by atoms with Crippen LogP contribution in [0.25, 0.3) is 11.0 Å². The van der Waals surface area contributed by atoms with Crippen molar-refractivity contribution in [3.63, 3.8) is 0 Å². The molecular weight excluding hydrogens is 505 g/mol. The third-order valence-corrected chi connectivity index (χ3v) is 8.49. The van der Waals surface area contributed by atoms with Gasteiger partial charge in [0.05, 0.1) is 25.3 Å². The summed E-state index contributed by atoms with van der Waals surface area (Å²) in [7, 11) is 1.70. The van der Waals surface area contributed by atoms with E-state index in [2.05, 4.69) is 10.1 Å². The summed E-state index contributed by atoms with van der Waals surface area (Å²) in [6, 6.07) is 4.49. The molecule has 0 bridgehead atoms. The van der Waals surface area contributed by atoms with Crippen molar-refractivity contribution in [2.45, 2.75) is 64.5 Å². The average molecular weight is 543 g/mol. The highest BCUT2D eigenvalue weighted by molar-refractivity contribution is 5.79. The molecule has 0 spiro atoms. The van der Waals surface area contributed by atoms with Crippen molar-refractivity contribution >= 4 is 17.1 Å². The molecule has 1 fully saturated rings. The predicted octanol–water partition coefficient (Wildman–Crippen LogP) is 3.64. The summed E-state index contributed by atoms with van der Waals surface area (Å²) >= 11 is 0. The van der Waals surface area contributed by atoms with E-state index in [4.69, 9.17) is 9.26 Å². The number of nitrogens with zero attached hydrogens (tertiary/aromatic N) is 5. The molecule has 2 aliphatic rings. The van der Waals surface area contributed by atoms with Crippen molar-refractivity contribution in [3.05, 3.63) is 57.1 Å². The first-order valence-electron chi connectivity index (χ1n) is 13.8. The lowest BCUT2D eigenvalue weighted by atomic mass is 9.90. The number of ether oxygens (including phenoxy) is 1. The van der Waals surface area contributed by atoms with E-state index in [-0.39, 0.29) is 30.1 Å². The molecule has 2 aliphatic heterocycles. The first kappa shape index (κ1) is 27.3. The number of halogens is 1. The molecule has 11 heteroatoms. The summed E-state index contributed by atoms with van der Waals surface area (Å²) < 4.78 is 26.9. The van der Waals surface area contributed by atoms with E-state index in [1.54, 1.807) is 17.7 Å². The van der Waals surface area contributed by atoms with Gasteiger partial charge in [0.25, 0.3) is 5.56 Å². The van der Waals surface area contributed by atoms with Crippen molar-refractivity contribution in [3.8, 4) is 0 Å². The Kier molecular flexibility index (Phi) is 7.73. The van der Waals surface area contributed by atoms with Crippen molar-refractivity contribution in [1.29, 1.82) is 0 Å². The van der Waals surface area contributed by atoms with Crippen LogP contribution in [-0.2, 0) is 17.7 Å². The Labute approximate surface area is 226 Å². The van der Waals surface area contributed by atoms with Gasteiger partial charge in [-0.15, -0.1) is 0 Å². The van der Waals surface area contributed by atoms with Gasteiger partial charge < -0.3 is 19.3 Å². The Morgan fingerprint density at radius 2 is 2.08 bits per heavy atom. The minimum absolute atomic E-state index is 0.0895. The van der Waals surface area contributed by atoms with Crippen LogP contribution in [0.5, 0.6) is 0 Å². The normalized spacial score (nSPS) is 23.0. The quantitative estimate of drug-likeness (QED) is 0.454. The van der Waals surface area contributed by atoms with Crippen LogP contribution in [0.1, 0.15) is 67.4 Å². The molecule has 1 saturated heterocycles. The maximum absolute atomic E-state index is 13.6. The van der Waals surface area contributed by atoms with E-state index in [1.165, 1.54) is 17.0 Å². The molecule has 2 aromatic heterocycles. The molecule has 5 rings (SSSR count). The number of quaternary nitrogens is 1. The van der Waals surface area contributed by atoms with Crippen LogP contribution >= 0.6 is 0 Å². The van der Waals surface area contributed by atoms with Crippen LogP contribution in [0, 0.1) is 12.7 Å². The first-order valence-corrected chi connectivity index (χ1v) is 13.8. The fourth-order valence-electron chi connectivity index (χ4n) is 5.86. The molecular formula is C28H37FN5O5+. The number of aliphatic hydroxyl groups excluding tert-OH is 1.